The summed E-state index contributed by atoms with van der Waals surface area (Å²) in [6, 6.07) is 2.45. The number of esters is 2. The second-order valence-electron chi connectivity index (χ2n) is 4.01. The van der Waals surface area contributed by atoms with Crippen molar-refractivity contribution in [2.75, 3.05) is 19.5 Å². The Hall–Kier alpha value is -1.75. The van der Waals surface area contributed by atoms with Crippen LogP contribution >= 0.6 is 31.9 Å². The first-order valence-corrected chi connectivity index (χ1v) is 7.55. The highest BCUT2D eigenvalue weighted by Gasteiger charge is 2.33. The van der Waals surface area contributed by atoms with Gasteiger partial charge in [0, 0.05) is 8.95 Å². The highest BCUT2D eigenvalue weighted by Crippen LogP contribution is 2.39. The van der Waals surface area contributed by atoms with E-state index in [1.165, 1.54) is 6.07 Å². The van der Waals surface area contributed by atoms with Gasteiger partial charge in [-0.3, -0.25) is 0 Å². The first-order valence-electron chi connectivity index (χ1n) is 5.97. The zero-order valence-electron chi connectivity index (χ0n) is 12.2. The number of carbonyl (C=O) groups is 2. The number of carbonyl (C=O) groups excluding carboxylic acids is 2. The monoisotopic (exact) mass is 475 g/mol. The van der Waals surface area contributed by atoms with Crippen LogP contribution in [-0.2, 0) is 19.1 Å². The van der Waals surface area contributed by atoms with Crippen LogP contribution in [0.5, 0.6) is 5.75 Å². The van der Waals surface area contributed by atoms with Crippen LogP contribution in [0.2, 0.25) is 0 Å². The van der Waals surface area contributed by atoms with Crippen molar-refractivity contribution in [2.24, 2.45) is 0 Å². The van der Waals surface area contributed by atoms with Gasteiger partial charge < -0.3 is 19.5 Å². The molecule has 6 nitrogen and oxygen atoms in total. The fourth-order valence-electron chi connectivity index (χ4n) is 1.44. The summed E-state index contributed by atoms with van der Waals surface area (Å²) in [4.78, 5) is 23.0. The lowest BCUT2D eigenvalue weighted by Crippen LogP contribution is -2.20. The predicted octanol–water partition coefficient (Wildman–Crippen LogP) is 3.75. The maximum absolute atomic E-state index is 12.6. The molecule has 0 amide bonds. The van der Waals surface area contributed by atoms with Crippen LogP contribution in [0.15, 0.2) is 32.9 Å². The van der Waals surface area contributed by atoms with E-state index in [1.807, 2.05) is 0 Å². The highest BCUT2D eigenvalue weighted by molar-refractivity contribution is 9.11. The number of benzene rings is 1. The number of methoxy groups -OCH3 is 2. The van der Waals surface area contributed by atoms with E-state index in [-0.39, 0.29) is 14.6 Å². The van der Waals surface area contributed by atoms with Crippen molar-refractivity contribution in [3.63, 3.8) is 0 Å². The second kappa shape index (κ2) is 8.38. The molecule has 0 heterocycles. The smallest absolute Gasteiger partial charge is 0.466 e. The maximum Gasteiger partial charge on any atom is 0.573 e. The summed E-state index contributed by atoms with van der Waals surface area (Å²) in [6.07, 6.45) is -4.23. The first kappa shape index (κ1) is 20.3. The third kappa shape index (κ3) is 6.04. The normalized spacial score (nSPS) is 11.7. The summed E-state index contributed by atoms with van der Waals surface area (Å²) in [6.45, 7) is 0. The first-order chi connectivity index (χ1) is 11.1. The highest BCUT2D eigenvalue weighted by atomic mass is 79.9. The van der Waals surface area contributed by atoms with E-state index in [4.69, 9.17) is 0 Å². The van der Waals surface area contributed by atoms with E-state index in [2.05, 4.69) is 51.4 Å². The van der Waals surface area contributed by atoms with Gasteiger partial charge in [0.15, 0.2) is 5.75 Å². The van der Waals surface area contributed by atoms with E-state index in [9.17, 15) is 22.8 Å². The molecule has 132 valence electrons. The molecule has 0 saturated carbocycles. The number of nitrogens with one attached hydrogen (secondary N) is 1. The quantitative estimate of drug-likeness (QED) is 0.515. The lowest BCUT2D eigenvalue weighted by molar-refractivity contribution is -0.274. The van der Waals surface area contributed by atoms with Crippen molar-refractivity contribution in [2.45, 2.75) is 6.36 Å². The summed E-state index contributed by atoms with van der Waals surface area (Å²) >= 11 is 6.08. The van der Waals surface area contributed by atoms with Gasteiger partial charge in [-0.25, -0.2) is 9.59 Å². The van der Waals surface area contributed by atoms with Gasteiger partial charge in [0.2, 0.25) is 0 Å². The average molecular weight is 477 g/mol. The molecule has 1 aromatic carbocycles. The summed E-state index contributed by atoms with van der Waals surface area (Å²) < 4.78 is 50.8. The van der Waals surface area contributed by atoms with Gasteiger partial charge in [0.25, 0.3) is 0 Å². The van der Waals surface area contributed by atoms with Crippen LogP contribution in [0.1, 0.15) is 0 Å². The molecule has 0 aromatic heterocycles. The largest absolute Gasteiger partial charge is 0.573 e. The van der Waals surface area contributed by atoms with E-state index >= 15 is 0 Å². The second-order valence-corrected chi connectivity index (χ2v) is 5.78. The molecule has 0 aliphatic rings. The molecule has 24 heavy (non-hydrogen) atoms. The molecule has 1 aromatic rings. The van der Waals surface area contributed by atoms with E-state index in [0.717, 1.165) is 26.4 Å². The van der Waals surface area contributed by atoms with Gasteiger partial charge in [0.1, 0.15) is 5.70 Å². The van der Waals surface area contributed by atoms with Gasteiger partial charge in [-0.2, -0.15) is 0 Å². The van der Waals surface area contributed by atoms with Crippen LogP contribution in [0.25, 0.3) is 0 Å². The Morgan fingerprint density at radius 1 is 1.17 bits per heavy atom. The Kier molecular flexibility index (Phi) is 7.08. The van der Waals surface area contributed by atoms with Gasteiger partial charge in [-0.1, -0.05) is 15.9 Å². The molecule has 0 bridgehead atoms. The number of rotatable bonds is 5. The molecule has 0 spiro atoms. The predicted molar refractivity (Wildman–Crippen MR) is 84.3 cm³/mol. The van der Waals surface area contributed by atoms with E-state index < -0.39 is 29.7 Å². The summed E-state index contributed by atoms with van der Waals surface area (Å²) in [5.41, 5.74) is -0.685. The van der Waals surface area contributed by atoms with Crippen molar-refractivity contribution in [1.82, 2.24) is 0 Å². The topological polar surface area (TPSA) is 73.9 Å². The Bertz CT molecular complexity index is 676. The molecular formula is C13H10Br2F3NO5. The minimum Gasteiger partial charge on any atom is -0.466 e. The Balaban J connectivity index is 3.35. The van der Waals surface area contributed by atoms with Gasteiger partial charge in [-0.05, 0) is 28.1 Å². The third-order valence-electron chi connectivity index (χ3n) is 2.37. The zero-order valence-corrected chi connectivity index (χ0v) is 15.3. The average Bonchev–Trinajstić information content (AvgIpc) is 2.46. The molecule has 0 atom stereocenters. The molecule has 0 unspecified atom stereocenters. The Labute approximate surface area is 151 Å². The number of alkyl halides is 3. The van der Waals surface area contributed by atoms with Crippen LogP contribution in [0, 0.1) is 0 Å². The van der Waals surface area contributed by atoms with Crippen LogP contribution in [0.4, 0.5) is 18.9 Å². The Morgan fingerprint density at radius 3 is 2.29 bits per heavy atom. The number of hydrogen-bond donors (Lipinski definition) is 1. The molecule has 0 saturated heterocycles. The minimum absolute atomic E-state index is 0.135. The lowest BCUT2D eigenvalue weighted by Gasteiger charge is -2.17. The van der Waals surface area contributed by atoms with Gasteiger partial charge in [-0.15, -0.1) is 13.2 Å². The molecule has 1 N–H and O–H groups in total. The standard InChI is InChI=1S/C13H10Br2F3NO5/c1-22-10(20)5-8(12(21)23-2)19-11-7(15)3-6(14)4-9(11)24-13(16,17)18/h3-5,19H,1-2H3/b8-5+. The van der Waals surface area contributed by atoms with Crippen molar-refractivity contribution in [3.05, 3.63) is 32.9 Å². The van der Waals surface area contributed by atoms with Crippen LogP contribution in [0.3, 0.4) is 0 Å². The summed E-state index contributed by atoms with van der Waals surface area (Å²) in [7, 11) is 2.11. The van der Waals surface area contributed by atoms with Gasteiger partial charge in [0.05, 0.1) is 26.0 Å². The molecule has 11 heteroatoms. The van der Waals surface area contributed by atoms with E-state index in [1.54, 1.807) is 0 Å². The molecular weight excluding hydrogens is 467 g/mol. The molecule has 0 radical (unpaired) electrons. The lowest BCUT2D eigenvalue weighted by atomic mass is 10.2. The molecule has 0 aliphatic heterocycles. The van der Waals surface area contributed by atoms with Crippen molar-refractivity contribution in [1.29, 1.82) is 0 Å². The minimum atomic E-state index is -4.96. The number of hydrogen-bond acceptors (Lipinski definition) is 6. The van der Waals surface area contributed by atoms with Gasteiger partial charge >= 0.3 is 18.3 Å². The van der Waals surface area contributed by atoms with Crippen molar-refractivity contribution < 1.29 is 37.0 Å². The molecule has 1 rings (SSSR count). The fourth-order valence-corrected chi connectivity index (χ4v) is 2.73. The molecule has 0 aliphatic carbocycles. The number of halogens is 5. The Morgan fingerprint density at radius 2 is 1.79 bits per heavy atom. The zero-order chi connectivity index (χ0) is 18.5. The number of anilines is 1. The van der Waals surface area contributed by atoms with Crippen molar-refractivity contribution >= 4 is 49.5 Å². The maximum atomic E-state index is 12.6. The fraction of sp³-hybridized carbons (Fsp3) is 0.231. The SMILES string of the molecule is COC(=O)/C=C(/Nc1c(Br)cc(Br)cc1OC(F)(F)F)C(=O)OC. The number of ether oxygens (including phenoxy) is 3. The third-order valence-corrected chi connectivity index (χ3v) is 3.46. The van der Waals surface area contributed by atoms with Crippen molar-refractivity contribution in [3.8, 4) is 5.75 Å². The molecule has 0 fully saturated rings. The van der Waals surface area contributed by atoms with Crippen LogP contribution in [-0.4, -0.2) is 32.5 Å². The summed E-state index contributed by atoms with van der Waals surface area (Å²) in [5.74, 6) is -2.54. The van der Waals surface area contributed by atoms with Crippen LogP contribution < -0.4 is 10.1 Å². The summed E-state index contributed by atoms with van der Waals surface area (Å²) in [5, 5.41) is 2.37. The van der Waals surface area contributed by atoms with E-state index in [0.29, 0.717) is 0 Å².